The maximum Gasteiger partial charge on any atom is 0.235 e. The molecule has 0 radical (unpaired) electrons. The van der Waals surface area contributed by atoms with E-state index in [1.807, 2.05) is 68.5 Å². The molecule has 0 unspecified atom stereocenters. The number of nitrogens with zero attached hydrogens (tertiary/aromatic N) is 2. The van der Waals surface area contributed by atoms with E-state index in [-0.39, 0.29) is 18.1 Å². The SMILES string of the molecule is CC/C(C)=C/C=C\N=C(C)C(=O)CC(=O)N(Cc1ccc2ccccc2c1)c1ccccc1C. The molecule has 0 heterocycles. The number of amides is 1. The molecule has 0 spiro atoms. The zero-order valence-electron chi connectivity index (χ0n) is 20.4. The number of carbonyl (C=O) groups is 2. The van der Waals surface area contributed by atoms with E-state index in [2.05, 4.69) is 36.2 Å². The molecule has 0 atom stereocenters. The van der Waals surface area contributed by atoms with Gasteiger partial charge in [0.25, 0.3) is 0 Å². The number of Topliss-reactive ketones (excluding diaryl/α,β-unsaturated/α-hetero) is 1. The summed E-state index contributed by atoms with van der Waals surface area (Å²) in [6.07, 6.45) is 6.12. The van der Waals surface area contributed by atoms with E-state index in [1.54, 1.807) is 18.0 Å². The Morgan fingerprint density at radius 2 is 1.65 bits per heavy atom. The molecular weight excluding hydrogens is 420 g/mol. The normalized spacial score (nSPS) is 12.4. The minimum absolute atomic E-state index is 0.227. The van der Waals surface area contributed by atoms with Crippen LogP contribution in [-0.2, 0) is 16.1 Å². The second kappa shape index (κ2) is 11.9. The van der Waals surface area contributed by atoms with E-state index in [4.69, 9.17) is 0 Å². The van der Waals surface area contributed by atoms with Gasteiger partial charge in [-0.25, -0.2) is 0 Å². The fourth-order valence-corrected chi connectivity index (χ4v) is 3.61. The van der Waals surface area contributed by atoms with Crippen LogP contribution in [0.4, 0.5) is 5.69 Å². The summed E-state index contributed by atoms with van der Waals surface area (Å²) in [6.45, 7) is 8.14. The van der Waals surface area contributed by atoms with Crippen LogP contribution < -0.4 is 4.90 Å². The van der Waals surface area contributed by atoms with E-state index in [9.17, 15) is 9.59 Å². The fraction of sp³-hybridized carbons (Fsp3) is 0.233. The van der Waals surface area contributed by atoms with E-state index in [0.29, 0.717) is 12.3 Å². The van der Waals surface area contributed by atoms with Crippen molar-refractivity contribution in [3.63, 3.8) is 0 Å². The van der Waals surface area contributed by atoms with Gasteiger partial charge in [-0.15, -0.1) is 0 Å². The molecule has 0 fully saturated rings. The molecule has 0 N–H and O–H groups in total. The molecule has 0 aliphatic rings. The van der Waals surface area contributed by atoms with Crippen LogP contribution in [0.3, 0.4) is 0 Å². The molecule has 0 bridgehead atoms. The van der Waals surface area contributed by atoms with Crippen molar-refractivity contribution in [3.8, 4) is 0 Å². The van der Waals surface area contributed by atoms with Gasteiger partial charge in [0.05, 0.1) is 18.7 Å². The first-order valence-corrected chi connectivity index (χ1v) is 11.6. The second-order valence-electron chi connectivity index (χ2n) is 8.47. The first kappa shape index (κ1) is 24.8. The number of allylic oxidation sites excluding steroid dienone is 3. The maximum atomic E-state index is 13.4. The van der Waals surface area contributed by atoms with Crippen molar-refractivity contribution < 1.29 is 9.59 Å². The summed E-state index contributed by atoms with van der Waals surface area (Å²) in [7, 11) is 0. The second-order valence-corrected chi connectivity index (χ2v) is 8.47. The molecule has 34 heavy (non-hydrogen) atoms. The average Bonchev–Trinajstić information content (AvgIpc) is 2.85. The molecule has 0 aliphatic heterocycles. The standard InChI is InChI=1S/C30H32N2O2/c1-5-22(2)11-10-18-31-24(4)29(33)20-30(34)32(28-15-9-6-12-23(28)3)21-25-16-17-26-13-7-8-14-27(26)19-25/h6-19H,5,20-21H2,1-4H3/b18-10-,22-11+,31-24?. The molecule has 0 saturated carbocycles. The number of para-hydroxylation sites is 1. The summed E-state index contributed by atoms with van der Waals surface area (Å²) >= 11 is 0. The number of benzene rings is 3. The zero-order chi connectivity index (χ0) is 24.5. The molecule has 0 aliphatic carbocycles. The topological polar surface area (TPSA) is 49.7 Å². The third-order valence-corrected chi connectivity index (χ3v) is 5.87. The lowest BCUT2D eigenvalue weighted by atomic mass is 10.1. The van der Waals surface area contributed by atoms with Crippen LogP contribution in [0.5, 0.6) is 0 Å². The molecule has 0 saturated heterocycles. The molecule has 3 aromatic rings. The molecule has 4 heteroatoms. The number of ketones is 1. The minimum atomic E-state index is -0.275. The van der Waals surface area contributed by atoms with Crippen molar-refractivity contribution >= 4 is 33.9 Å². The van der Waals surface area contributed by atoms with Crippen LogP contribution in [0.25, 0.3) is 10.8 Å². The molecule has 3 aromatic carbocycles. The van der Waals surface area contributed by atoms with Crippen molar-refractivity contribution in [1.29, 1.82) is 0 Å². The lowest BCUT2D eigenvalue weighted by Crippen LogP contribution is -2.33. The molecule has 3 rings (SSSR count). The minimum Gasteiger partial charge on any atom is -0.307 e. The number of rotatable bonds is 9. The lowest BCUT2D eigenvalue weighted by Gasteiger charge is -2.25. The summed E-state index contributed by atoms with van der Waals surface area (Å²) in [4.78, 5) is 32.0. The first-order valence-electron chi connectivity index (χ1n) is 11.6. The third kappa shape index (κ3) is 6.61. The number of hydrogen-bond acceptors (Lipinski definition) is 3. The highest BCUT2D eigenvalue weighted by atomic mass is 16.2. The molecular formula is C30H32N2O2. The van der Waals surface area contributed by atoms with Gasteiger partial charge in [-0.3, -0.25) is 14.6 Å². The Hall–Kier alpha value is -3.79. The van der Waals surface area contributed by atoms with Crippen LogP contribution in [0.1, 0.15) is 44.7 Å². The van der Waals surface area contributed by atoms with Gasteiger partial charge >= 0.3 is 0 Å². The van der Waals surface area contributed by atoms with Gasteiger partial charge in [-0.05, 0) is 67.3 Å². The van der Waals surface area contributed by atoms with E-state index in [0.717, 1.165) is 34.0 Å². The first-order chi connectivity index (χ1) is 16.4. The Morgan fingerprint density at radius 1 is 0.941 bits per heavy atom. The van der Waals surface area contributed by atoms with Gasteiger partial charge in [0, 0.05) is 11.9 Å². The Balaban J connectivity index is 1.82. The van der Waals surface area contributed by atoms with Crippen LogP contribution in [0.15, 0.2) is 95.6 Å². The predicted octanol–water partition coefficient (Wildman–Crippen LogP) is 6.97. The predicted molar refractivity (Wildman–Crippen MR) is 142 cm³/mol. The Morgan fingerprint density at radius 3 is 2.38 bits per heavy atom. The van der Waals surface area contributed by atoms with Gasteiger partial charge in [0.2, 0.25) is 5.91 Å². The number of hydrogen-bond donors (Lipinski definition) is 0. The smallest absolute Gasteiger partial charge is 0.235 e. The van der Waals surface area contributed by atoms with Crippen molar-refractivity contribution in [2.24, 2.45) is 4.99 Å². The van der Waals surface area contributed by atoms with Crippen LogP contribution in [-0.4, -0.2) is 17.4 Å². The summed E-state index contributed by atoms with van der Waals surface area (Å²) < 4.78 is 0. The van der Waals surface area contributed by atoms with Crippen molar-refractivity contribution in [3.05, 3.63) is 102 Å². The highest BCUT2D eigenvalue weighted by molar-refractivity contribution is 6.42. The van der Waals surface area contributed by atoms with Crippen LogP contribution in [0.2, 0.25) is 0 Å². The van der Waals surface area contributed by atoms with Gasteiger partial charge in [-0.1, -0.05) is 73.2 Å². The quantitative estimate of drug-likeness (QED) is 0.200. The van der Waals surface area contributed by atoms with Gasteiger partial charge in [-0.2, -0.15) is 0 Å². The number of anilines is 1. The van der Waals surface area contributed by atoms with E-state index >= 15 is 0 Å². The maximum absolute atomic E-state index is 13.4. The van der Waals surface area contributed by atoms with Crippen LogP contribution in [0, 0.1) is 6.92 Å². The lowest BCUT2D eigenvalue weighted by molar-refractivity contribution is -0.123. The molecule has 1 amide bonds. The summed E-state index contributed by atoms with van der Waals surface area (Å²) in [6, 6.07) is 22.1. The van der Waals surface area contributed by atoms with E-state index < -0.39 is 0 Å². The number of aryl methyl sites for hydroxylation is 1. The summed E-state index contributed by atoms with van der Waals surface area (Å²) in [5, 5.41) is 2.27. The van der Waals surface area contributed by atoms with Gasteiger partial charge in [0.15, 0.2) is 5.78 Å². The Bertz CT molecular complexity index is 1270. The number of aliphatic imine (C=N–C) groups is 1. The number of fused-ring (bicyclic) bond motifs is 1. The Kier molecular flexibility index (Phi) is 8.69. The molecule has 0 aromatic heterocycles. The largest absolute Gasteiger partial charge is 0.307 e. The Labute approximate surface area is 202 Å². The monoisotopic (exact) mass is 452 g/mol. The van der Waals surface area contributed by atoms with Crippen molar-refractivity contribution in [1.82, 2.24) is 0 Å². The molecule has 174 valence electrons. The van der Waals surface area contributed by atoms with Crippen LogP contribution >= 0.6 is 0 Å². The summed E-state index contributed by atoms with van der Waals surface area (Å²) in [5.74, 6) is -0.518. The van der Waals surface area contributed by atoms with Gasteiger partial charge < -0.3 is 4.90 Å². The number of carbonyl (C=O) groups excluding carboxylic acids is 2. The van der Waals surface area contributed by atoms with Crippen molar-refractivity contribution in [2.75, 3.05) is 4.90 Å². The van der Waals surface area contributed by atoms with Crippen molar-refractivity contribution in [2.45, 2.75) is 47.1 Å². The average molecular weight is 453 g/mol. The fourth-order valence-electron chi connectivity index (χ4n) is 3.61. The summed E-state index contributed by atoms with van der Waals surface area (Å²) in [5.41, 5.74) is 4.35. The highest BCUT2D eigenvalue weighted by Crippen LogP contribution is 2.24. The third-order valence-electron chi connectivity index (χ3n) is 5.87. The highest BCUT2D eigenvalue weighted by Gasteiger charge is 2.22. The van der Waals surface area contributed by atoms with Gasteiger partial charge in [0.1, 0.15) is 0 Å². The zero-order valence-corrected chi connectivity index (χ0v) is 20.4. The molecule has 4 nitrogen and oxygen atoms in total. The van der Waals surface area contributed by atoms with E-state index in [1.165, 1.54) is 5.57 Å².